The SMILES string of the molecule is O=c1c2cc(-c3ccc(OC(F)(F)F)cc3)ccc2cnn1Cc1ccccc1.O=c1c2cc(-c3ccc(OC(F)(F)F)cc3)ccc2cnn1Cc1ncccn1. The van der Waals surface area contributed by atoms with Crippen LogP contribution in [0.2, 0.25) is 0 Å². The van der Waals surface area contributed by atoms with Crippen molar-refractivity contribution < 1.29 is 35.8 Å². The number of aromatic nitrogens is 6. The Kier molecular flexibility index (Phi) is 11.0. The van der Waals surface area contributed by atoms with E-state index >= 15 is 0 Å². The van der Waals surface area contributed by atoms with Crippen LogP contribution in [0.5, 0.6) is 11.5 Å². The van der Waals surface area contributed by atoms with Crippen molar-refractivity contribution in [2.45, 2.75) is 25.8 Å². The van der Waals surface area contributed by atoms with Gasteiger partial charge >= 0.3 is 12.7 Å². The summed E-state index contributed by atoms with van der Waals surface area (Å²) >= 11 is 0. The van der Waals surface area contributed by atoms with Crippen molar-refractivity contribution in [3.8, 4) is 33.8 Å². The zero-order chi connectivity index (χ0) is 40.9. The van der Waals surface area contributed by atoms with Crippen LogP contribution in [0.4, 0.5) is 26.3 Å². The highest BCUT2D eigenvalue weighted by Gasteiger charge is 2.31. The van der Waals surface area contributed by atoms with Gasteiger partial charge in [0.1, 0.15) is 23.9 Å². The molecule has 8 aromatic rings. The molecule has 58 heavy (non-hydrogen) atoms. The van der Waals surface area contributed by atoms with E-state index in [1.807, 2.05) is 30.3 Å². The zero-order valence-corrected chi connectivity index (χ0v) is 29.9. The van der Waals surface area contributed by atoms with Crippen molar-refractivity contribution in [2.24, 2.45) is 0 Å². The molecule has 0 amide bonds. The molecule has 0 spiro atoms. The third-order valence-corrected chi connectivity index (χ3v) is 8.64. The molecule has 0 bridgehead atoms. The van der Waals surface area contributed by atoms with E-state index in [9.17, 15) is 35.9 Å². The molecule has 0 aliphatic carbocycles. The van der Waals surface area contributed by atoms with Crippen LogP contribution >= 0.6 is 0 Å². The van der Waals surface area contributed by atoms with Gasteiger partial charge in [-0.1, -0.05) is 78.9 Å². The van der Waals surface area contributed by atoms with Gasteiger partial charge in [0, 0.05) is 23.2 Å². The predicted molar refractivity (Wildman–Crippen MR) is 203 cm³/mol. The fourth-order valence-electron chi connectivity index (χ4n) is 5.94. The molecule has 3 aromatic heterocycles. The van der Waals surface area contributed by atoms with Gasteiger partial charge < -0.3 is 9.47 Å². The van der Waals surface area contributed by atoms with Gasteiger partial charge in [0.05, 0.1) is 29.7 Å². The van der Waals surface area contributed by atoms with Gasteiger partial charge in [-0.2, -0.15) is 10.2 Å². The van der Waals surface area contributed by atoms with E-state index in [1.54, 1.807) is 67.3 Å². The molecule has 8 rings (SSSR count). The lowest BCUT2D eigenvalue weighted by Crippen LogP contribution is -2.24. The number of hydrogen-bond donors (Lipinski definition) is 0. The number of hydrogen-bond acceptors (Lipinski definition) is 8. The van der Waals surface area contributed by atoms with Crippen LogP contribution in [-0.2, 0) is 13.1 Å². The Labute approximate surface area is 324 Å². The standard InChI is InChI=1S/C22H15F3N2O2.C20H13F3N4O2/c23-22(24,25)29-19-10-8-16(9-11-19)17-6-7-18-13-26-27(21(28)20(18)12-17)14-15-4-2-1-3-5-15;21-20(22,23)29-16-6-4-13(5-7-16)14-2-3-15-11-26-27(19(28)17(15)10-14)12-18-24-8-1-9-25-18/h1-13H,14H2;1-11H,12H2. The van der Waals surface area contributed by atoms with Crippen LogP contribution in [0.15, 0.2) is 156 Å². The van der Waals surface area contributed by atoms with Gasteiger partial charge in [0.2, 0.25) is 0 Å². The van der Waals surface area contributed by atoms with Crippen molar-refractivity contribution in [3.63, 3.8) is 0 Å². The molecule has 10 nitrogen and oxygen atoms in total. The van der Waals surface area contributed by atoms with Crippen LogP contribution < -0.4 is 20.6 Å². The summed E-state index contributed by atoms with van der Waals surface area (Å²) < 4.78 is 84.3. The van der Waals surface area contributed by atoms with E-state index < -0.39 is 12.7 Å². The Balaban J connectivity index is 0.000000177. The maximum Gasteiger partial charge on any atom is 0.573 e. The number of alkyl halides is 6. The van der Waals surface area contributed by atoms with Crippen LogP contribution in [0, 0.1) is 0 Å². The number of nitrogens with zero attached hydrogens (tertiary/aromatic N) is 6. The normalized spacial score (nSPS) is 11.6. The van der Waals surface area contributed by atoms with Gasteiger partial charge in [0.25, 0.3) is 11.1 Å². The molecule has 0 aliphatic rings. The van der Waals surface area contributed by atoms with Gasteiger partial charge in [-0.15, -0.1) is 26.3 Å². The highest BCUT2D eigenvalue weighted by atomic mass is 19.4. The fraction of sp³-hybridized carbons (Fsp3) is 0.0952. The average Bonchev–Trinajstić information content (AvgIpc) is 3.20. The smallest absolute Gasteiger partial charge is 0.406 e. The van der Waals surface area contributed by atoms with E-state index in [-0.39, 0.29) is 29.2 Å². The zero-order valence-electron chi connectivity index (χ0n) is 29.9. The number of rotatable bonds is 8. The summed E-state index contributed by atoms with van der Waals surface area (Å²) in [6.07, 6.45) is -3.11. The van der Waals surface area contributed by atoms with Gasteiger partial charge in [-0.3, -0.25) is 9.59 Å². The van der Waals surface area contributed by atoms with Crippen LogP contribution in [-0.4, -0.2) is 42.3 Å². The molecule has 0 radical (unpaired) electrons. The largest absolute Gasteiger partial charge is 0.573 e. The number of ether oxygens (including phenoxy) is 2. The monoisotopic (exact) mass is 794 g/mol. The Bertz CT molecular complexity index is 2600. The molecule has 0 aliphatic heterocycles. The Morgan fingerprint density at radius 2 is 0.931 bits per heavy atom. The summed E-state index contributed by atoms with van der Waals surface area (Å²) in [5, 5.41) is 10.7. The topological polar surface area (TPSA) is 114 Å². The first-order valence-electron chi connectivity index (χ1n) is 17.3. The molecule has 16 heteroatoms. The highest BCUT2D eigenvalue weighted by molar-refractivity contribution is 5.87. The lowest BCUT2D eigenvalue weighted by molar-refractivity contribution is -0.275. The second-order valence-electron chi connectivity index (χ2n) is 12.6. The summed E-state index contributed by atoms with van der Waals surface area (Å²) in [6.45, 7) is 0.479. The van der Waals surface area contributed by atoms with Gasteiger partial charge in [-0.05, 0) is 70.3 Å². The Morgan fingerprint density at radius 1 is 0.500 bits per heavy atom. The van der Waals surface area contributed by atoms with Crippen LogP contribution in [0.25, 0.3) is 43.8 Å². The maximum absolute atomic E-state index is 12.9. The summed E-state index contributed by atoms with van der Waals surface area (Å²) in [4.78, 5) is 33.9. The summed E-state index contributed by atoms with van der Waals surface area (Å²) in [6, 6.07) is 32.7. The molecular weight excluding hydrogens is 766 g/mol. The molecule has 0 unspecified atom stereocenters. The first-order valence-corrected chi connectivity index (χ1v) is 17.3. The Hall–Kier alpha value is -7.36. The van der Waals surface area contributed by atoms with Crippen molar-refractivity contribution in [2.75, 3.05) is 0 Å². The third kappa shape index (κ3) is 9.71. The lowest BCUT2D eigenvalue weighted by Gasteiger charge is -2.10. The minimum Gasteiger partial charge on any atom is -0.406 e. The molecule has 5 aromatic carbocycles. The van der Waals surface area contributed by atoms with Crippen molar-refractivity contribution >= 4 is 21.5 Å². The van der Waals surface area contributed by atoms with E-state index in [4.69, 9.17) is 0 Å². The number of fused-ring (bicyclic) bond motifs is 2. The molecule has 3 heterocycles. The second kappa shape index (κ2) is 16.4. The maximum atomic E-state index is 12.9. The van der Waals surface area contributed by atoms with Crippen molar-refractivity contribution in [3.05, 3.63) is 178 Å². The third-order valence-electron chi connectivity index (χ3n) is 8.64. The van der Waals surface area contributed by atoms with E-state index in [2.05, 4.69) is 29.6 Å². The van der Waals surface area contributed by atoms with Crippen molar-refractivity contribution in [1.29, 1.82) is 0 Å². The fourth-order valence-corrected chi connectivity index (χ4v) is 5.94. The number of benzene rings is 5. The molecule has 0 fully saturated rings. The van der Waals surface area contributed by atoms with Gasteiger partial charge in [0.15, 0.2) is 0 Å². The number of halogens is 6. The molecular formula is C42H28F6N6O4. The van der Waals surface area contributed by atoms with Crippen LogP contribution in [0.1, 0.15) is 11.4 Å². The van der Waals surface area contributed by atoms with Gasteiger partial charge in [-0.25, -0.2) is 19.3 Å². The average molecular weight is 795 g/mol. The predicted octanol–water partition coefficient (Wildman–Crippen LogP) is 8.81. The van der Waals surface area contributed by atoms with E-state index in [0.29, 0.717) is 56.2 Å². The molecule has 0 N–H and O–H groups in total. The Morgan fingerprint density at radius 3 is 1.38 bits per heavy atom. The minimum absolute atomic E-state index is 0.128. The summed E-state index contributed by atoms with van der Waals surface area (Å²) in [5.74, 6) is -0.147. The summed E-state index contributed by atoms with van der Waals surface area (Å²) in [5.41, 5.74) is 3.13. The van der Waals surface area contributed by atoms with E-state index in [1.165, 1.54) is 57.9 Å². The first-order chi connectivity index (χ1) is 27.8. The minimum atomic E-state index is -4.75. The molecule has 0 saturated heterocycles. The molecule has 0 atom stereocenters. The lowest BCUT2D eigenvalue weighted by atomic mass is 10.0. The first kappa shape index (κ1) is 38.9. The second-order valence-corrected chi connectivity index (χ2v) is 12.6. The quantitative estimate of drug-likeness (QED) is 0.140. The molecule has 292 valence electrons. The highest BCUT2D eigenvalue weighted by Crippen LogP contribution is 2.29. The summed E-state index contributed by atoms with van der Waals surface area (Å²) in [7, 11) is 0. The molecule has 0 saturated carbocycles. The van der Waals surface area contributed by atoms with E-state index in [0.717, 1.165) is 5.56 Å². The van der Waals surface area contributed by atoms with Crippen LogP contribution in [0.3, 0.4) is 0 Å². The van der Waals surface area contributed by atoms with Crippen molar-refractivity contribution in [1.82, 2.24) is 29.5 Å².